The van der Waals surface area contributed by atoms with E-state index in [1.54, 1.807) is 11.5 Å². The average molecular weight is 370 g/mol. The number of nitrogens with zero attached hydrogens (tertiary/aromatic N) is 4. The maximum atomic E-state index is 12.8. The van der Waals surface area contributed by atoms with Crippen LogP contribution in [-0.2, 0) is 22.5 Å². The Morgan fingerprint density at radius 1 is 1.19 bits per heavy atom. The number of ether oxygens (including phenoxy) is 1. The van der Waals surface area contributed by atoms with Gasteiger partial charge in [-0.05, 0) is 18.9 Å². The molecule has 26 heavy (non-hydrogen) atoms. The van der Waals surface area contributed by atoms with E-state index in [2.05, 4.69) is 15.0 Å². The normalized spacial score (nSPS) is 10.8. The molecule has 0 aliphatic carbocycles. The van der Waals surface area contributed by atoms with E-state index in [-0.39, 0.29) is 28.4 Å². The molecule has 2 heterocycles. The SMILES string of the molecule is CCOC(=O)CSc1nc2nccnc2c(=O)n1CCc1ccccc1. The van der Waals surface area contributed by atoms with Crippen molar-refractivity contribution in [1.82, 2.24) is 19.5 Å². The predicted molar refractivity (Wildman–Crippen MR) is 99.1 cm³/mol. The summed E-state index contributed by atoms with van der Waals surface area (Å²) in [6.45, 7) is 2.51. The molecule has 2 aromatic heterocycles. The molecule has 0 atom stereocenters. The molecule has 0 amide bonds. The Hall–Kier alpha value is -2.74. The second kappa shape index (κ2) is 8.57. The van der Waals surface area contributed by atoms with Crippen LogP contribution >= 0.6 is 11.8 Å². The zero-order valence-electron chi connectivity index (χ0n) is 14.3. The highest BCUT2D eigenvalue weighted by Gasteiger charge is 2.15. The number of carbonyl (C=O) groups is 1. The van der Waals surface area contributed by atoms with E-state index in [9.17, 15) is 9.59 Å². The van der Waals surface area contributed by atoms with Gasteiger partial charge in [-0.15, -0.1) is 0 Å². The summed E-state index contributed by atoms with van der Waals surface area (Å²) in [4.78, 5) is 37.1. The van der Waals surface area contributed by atoms with Gasteiger partial charge in [-0.1, -0.05) is 42.1 Å². The maximum absolute atomic E-state index is 12.8. The van der Waals surface area contributed by atoms with E-state index in [1.807, 2.05) is 30.3 Å². The van der Waals surface area contributed by atoms with Crippen LogP contribution < -0.4 is 5.56 Å². The minimum atomic E-state index is -0.347. The van der Waals surface area contributed by atoms with Gasteiger partial charge in [-0.2, -0.15) is 0 Å². The lowest BCUT2D eigenvalue weighted by Crippen LogP contribution is -2.26. The van der Waals surface area contributed by atoms with E-state index in [0.29, 0.717) is 24.7 Å². The zero-order valence-corrected chi connectivity index (χ0v) is 15.1. The molecule has 0 unspecified atom stereocenters. The molecule has 0 saturated heterocycles. The van der Waals surface area contributed by atoms with Crippen LogP contribution in [0, 0.1) is 0 Å². The van der Waals surface area contributed by atoms with E-state index in [0.717, 1.165) is 5.56 Å². The van der Waals surface area contributed by atoms with Gasteiger partial charge in [0, 0.05) is 18.9 Å². The Balaban J connectivity index is 1.92. The van der Waals surface area contributed by atoms with Gasteiger partial charge in [0.05, 0.1) is 12.4 Å². The van der Waals surface area contributed by atoms with Crippen LogP contribution in [-0.4, -0.2) is 37.8 Å². The lowest BCUT2D eigenvalue weighted by molar-refractivity contribution is -0.139. The first-order chi connectivity index (χ1) is 12.7. The van der Waals surface area contributed by atoms with Crippen molar-refractivity contribution < 1.29 is 9.53 Å². The highest BCUT2D eigenvalue weighted by atomic mass is 32.2. The van der Waals surface area contributed by atoms with Gasteiger partial charge >= 0.3 is 5.97 Å². The van der Waals surface area contributed by atoms with Crippen molar-refractivity contribution in [3.8, 4) is 0 Å². The van der Waals surface area contributed by atoms with Crippen molar-refractivity contribution in [3.05, 3.63) is 58.6 Å². The van der Waals surface area contributed by atoms with Crippen molar-refractivity contribution in [2.75, 3.05) is 12.4 Å². The molecule has 0 spiro atoms. The van der Waals surface area contributed by atoms with Gasteiger partial charge in [0.15, 0.2) is 16.3 Å². The van der Waals surface area contributed by atoms with Crippen molar-refractivity contribution in [1.29, 1.82) is 0 Å². The smallest absolute Gasteiger partial charge is 0.316 e. The minimum Gasteiger partial charge on any atom is -0.465 e. The number of esters is 1. The van der Waals surface area contributed by atoms with Crippen LogP contribution in [0.25, 0.3) is 11.2 Å². The summed E-state index contributed by atoms with van der Waals surface area (Å²) >= 11 is 1.17. The molecule has 134 valence electrons. The molecule has 3 rings (SSSR count). The summed E-state index contributed by atoms with van der Waals surface area (Å²) < 4.78 is 6.50. The standard InChI is InChI=1S/C18H18N4O3S/c1-2-25-14(23)12-26-18-21-16-15(19-9-10-20-16)17(24)22(18)11-8-13-6-4-3-5-7-13/h3-7,9-10H,2,8,11-12H2,1H3. The van der Waals surface area contributed by atoms with Gasteiger partial charge in [0.25, 0.3) is 5.56 Å². The second-order valence-corrected chi connectivity index (χ2v) is 6.35. The van der Waals surface area contributed by atoms with Gasteiger partial charge in [0.1, 0.15) is 0 Å². The Morgan fingerprint density at radius 3 is 2.73 bits per heavy atom. The van der Waals surface area contributed by atoms with Gasteiger partial charge in [-0.25, -0.2) is 15.0 Å². The zero-order chi connectivity index (χ0) is 18.4. The van der Waals surface area contributed by atoms with Crippen molar-refractivity contribution in [2.45, 2.75) is 25.0 Å². The van der Waals surface area contributed by atoms with E-state index in [1.165, 1.54) is 24.2 Å². The summed E-state index contributed by atoms with van der Waals surface area (Å²) in [7, 11) is 0. The van der Waals surface area contributed by atoms with E-state index < -0.39 is 0 Å². The molecular weight excluding hydrogens is 352 g/mol. The number of thioether (sulfide) groups is 1. The Bertz CT molecular complexity index is 960. The van der Waals surface area contributed by atoms with Crippen LogP contribution in [0.1, 0.15) is 12.5 Å². The summed E-state index contributed by atoms with van der Waals surface area (Å²) in [5.41, 5.74) is 1.35. The lowest BCUT2D eigenvalue weighted by Gasteiger charge is -2.12. The van der Waals surface area contributed by atoms with E-state index in [4.69, 9.17) is 4.74 Å². The molecule has 0 N–H and O–H groups in total. The highest BCUT2D eigenvalue weighted by Crippen LogP contribution is 2.17. The minimum absolute atomic E-state index is 0.0807. The number of hydrogen-bond donors (Lipinski definition) is 0. The van der Waals surface area contributed by atoms with Gasteiger partial charge in [0.2, 0.25) is 0 Å². The number of fused-ring (bicyclic) bond motifs is 1. The fourth-order valence-electron chi connectivity index (χ4n) is 2.45. The summed E-state index contributed by atoms with van der Waals surface area (Å²) in [5, 5.41) is 0.437. The quantitative estimate of drug-likeness (QED) is 0.357. The highest BCUT2D eigenvalue weighted by molar-refractivity contribution is 7.99. The molecule has 8 heteroatoms. The molecule has 0 saturated carbocycles. The van der Waals surface area contributed by atoms with Crippen LogP contribution in [0.5, 0.6) is 0 Å². The first-order valence-electron chi connectivity index (χ1n) is 8.23. The molecule has 0 bridgehead atoms. The van der Waals surface area contributed by atoms with Crippen molar-refractivity contribution in [2.24, 2.45) is 0 Å². The molecule has 7 nitrogen and oxygen atoms in total. The van der Waals surface area contributed by atoms with Crippen LogP contribution in [0.4, 0.5) is 0 Å². The summed E-state index contributed by atoms with van der Waals surface area (Å²) in [6, 6.07) is 9.87. The van der Waals surface area contributed by atoms with Gasteiger partial charge in [-0.3, -0.25) is 14.2 Å². The Labute approximate surface area is 154 Å². The topological polar surface area (TPSA) is 87.0 Å². The average Bonchev–Trinajstić information content (AvgIpc) is 2.67. The molecule has 1 aromatic carbocycles. The third-order valence-electron chi connectivity index (χ3n) is 3.65. The van der Waals surface area contributed by atoms with E-state index >= 15 is 0 Å². The van der Waals surface area contributed by atoms with Crippen LogP contribution in [0.15, 0.2) is 52.7 Å². The monoisotopic (exact) mass is 370 g/mol. The van der Waals surface area contributed by atoms with Crippen molar-refractivity contribution >= 4 is 28.9 Å². The number of hydrogen-bond acceptors (Lipinski definition) is 7. The number of carbonyl (C=O) groups excluding carboxylic acids is 1. The number of aromatic nitrogens is 4. The first-order valence-corrected chi connectivity index (χ1v) is 9.21. The molecule has 0 fully saturated rings. The molecule has 0 radical (unpaired) electrons. The lowest BCUT2D eigenvalue weighted by atomic mass is 10.1. The van der Waals surface area contributed by atoms with Crippen molar-refractivity contribution in [3.63, 3.8) is 0 Å². The summed E-state index contributed by atoms with van der Waals surface area (Å²) in [5.74, 6) is -0.266. The molecule has 0 aliphatic rings. The Morgan fingerprint density at radius 2 is 1.96 bits per heavy atom. The van der Waals surface area contributed by atoms with Crippen LogP contribution in [0.2, 0.25) is 0 Å². The predicted octanol–water partition coefficient (Wildman–Crippen LogP) is 2.08. The van der Waals surface area contributed by atoms with Gasteiger partial charge < -0.3 is 4.74 Å². The maximum Gasteiger partial charge on any atom is 0.316 e. The fraction of sp³-hybridized carbons (Fsp3) is 0.278. The Kier molecular flexibility index (Phi) is 5.96. The molecular formula is C18H18N4O3S. The van der Waals surface area contributed by atoms with Crippen LogP contribution in [0.3, 0.4) is 0 Å². The number of benzene rings is 1. The largest absolute Gasteiger partial charge is 0.465 e. The third kappa shape index (κ3) is 4.26. The fourth-order valence-corrected chi connectivity index (χ4v) is 3.26. The summed E-state index contributed by atoms with van der Waals surface area (Å²) in [6.07, 6.45) is 3.63. The second-order valence-electron chi connectivity index (χ2n) is 5.41. The molecule has 0 aliphatic heterocycles. The molecule has 3 aromatic rings. The third-order valence-corrected chi connectivity index (χ3v) is 4.60. The first kappa shape index (κ1) is 18.1. The number of rotatable bonds is 7. The number of aryl methyl sites for hydroxylation is 1.